The van der Waals surface area contributed by atoms with Crippen molar-refractivity contribution in [3.63, 3.8) is 0 Å². The monoisotopic (exact) mass is 310 g/mol. The predicted molar refractivity (Wildman–Crippen MR) is 92.5 cm³/mol. The van der Waals surface area contributed by atoms with Crippen LogP contribution in [-0.4, -0.2) is 5.97 Å². The van der Waals surface area contributed by atoms with Crippen LogP contribution < -0.4 is 15.8 Å². The zero-order valence-electron chi connectivity index (χ0n) is 13.7. The molecule has 0 fully saturated rings. The Morgan fingerprint density at radius 1 is 1.26 bits per heavy atom. The largest absolute Gasteiger partial charge is 0.427 e. The second kappa shape index (κ2) is 5.61. The number of carbonyl (C=O) groups is 1. The van der Waals surface area contributed by atoms with Gasteiger partial charge in [0, 0.05) is 18.3 Å². The number of nitrogens with two attached hydrogens (primary N) is 1. The van der Waals surface area contributed by atoms with E-state index in [2.05, 4.69) is 25.2 Å². The molecule has 1 heterocycles. The van der Waals surface area contributed by atoms with Crippen LogP contribution in [0, 0.1) is 5.41 Å². The Morgan fingerprint density at radius 3 is 2.70 bits per heavy atom. The minimum atomic E-state index is -0.303. The van der Waals surface area contributed by atoms with Crippen LogP contribution in [-0.2, 0) is 11.2 Å². The fraction of sp³-hybridized carbons (Fsp3) is 0.316. The minimum absolute atomic E-state index is 0.0165. The summed E-state index contributed by atoms with van der Waals surface area (Å²) in [7, 11) is 0. The molecule has 0 aromatic heterocycles. The van der Waals surface area contributed by atoms with Crippen molar-refractivity contribution in [2.75, 3.05) is 11.1 Å². The van der Waals surface area contributed by atoms with Crippen molar-refractivity contribution < 1.29 is 9.53 Å². The Kier molecular flexibility index (Phi) is 3.76. The molecule has 2 aromatic carbocycles. The first-order chi connectivity index (χ1) is 10.9. The van der Waals surface area contributed by atoms with Crippen LogP contribution in [0.3, 0.4) is 0 Å². The molecule has 1 aliphatic rings. The van der Waals surface area contributed by atoms with E-state index < -0.39 is 0 Å². The van der Waals surface area contributed by atoms with Crippen LogP contribution in [0.5, 0.6) is 5.75 Å². The second-order valence-electron chi connectivity index (χ2n) is 6.78. The maximum Gasteiger partial charge on any atom is 0.308 e. The van der Waals surface area contributed by atoms with Gasteiger partial charge >= 0.3 is 5.97 Å². The number of fused-ring (bicyclic) bond motifs is 1. The van der Waals surface area contributed by atoms with Crippen LogP contribution in [0.2, 0.25) is 0 Å². The summed E-state index contributed by atoms with van der Waals surface area (Å²) >= 11 is 0. The maximum atomic E-state index is 11.1. The summed E-state index contributed by atoms with van der Waals surface area (Å²) in [6, 6.07) is 13.8. The van der Waals surface area contributed by atoms with E-state index in [1.807, 2.05) is 36.4 Å². The lowest BCUT2D eigenvalue weighted by molar-refractivity contribution is -0.131. The molecule has 0 saturated heterocycles. The Labute approximate surface area is 136 Å². The third-order valence-corrected chi connectivity index (χ3v) is 4.37. The lowest BCUT2D eigenvalue weighted by atomic mass is 9.72. The molecule has 0 amide bonds. The first-order valence-corrected chi connectivity index (χ1v) is 7.79. The summed E-state index contributed by atoms with van der Waals surface area (Å²) < 4.78 is 5.19. The predicted octanol–water partition coefficient (Wildman–Crippen LogP) is 3.93. The average molecular weight is 310 g/mol. The van der Waals surface area contributed by atoms with Crippen molar-refractivity contribution in [3.8, 4) is 5.75 Å². The summed E-state index contributed by atoms with van der Waals surface area (Å²) in [5.41, 5.74) is 10.3. The van der Waals surface area contributed by atoms with Crippen molar-refractivity contribution in [1.82, 2.24) is 0 Å². The zero-order chi connectivity index (χ0) is 16.6. The van der Waals surface area contributed by atoms with E-state index in [0.29, 0.717) is 5.75 Å². The van der Waals surface area contributed by atoms with Gasteiger partial charge in [-0.3, -0.25) is 4.79 Å². The molecule has 4 nitrogen and oxygen atoms in total. The number of nitrogens with one attached hydrogen (secondary N) is 1. The molecule has 1 atom stereocenters. The molecular formula is C19H22N2O2. The number of nitrogen functional groups attached to an aromatic ring is 1. The quantitative estimate of drug-likeness (QED) is 0.501. The highest BCUT2D eigenvalue weighted by Gasteiger charge is 2.36. The topological polar surface area (TPSA) is 64.3 Å². The molecule has 3 N–H and O–H groups in total. The standard InChI is InChI=1S/C19H22N2O2/c1-12(22)23-14-8-9-17-13(10-14)11-19(2,3)18(21-17)15-6-4-5-7-16(15)20/h4-10,18,21H,11,20H2,1-3H3. The lowest BCUT2D eigenvalue weighted by Gasteiger charge is -2.41. The van der Waals surface area contributed by atoms with Gasteiger partial charge in [-0.1, -0.05) is 32.0 Å². The Bertz CT molecular complexity index is 753. The number of hydrogen-bond donors (Lipinski definition) is 2. The highest BCUT2D eigenvalue weighted by atomic mass is 16.5. The Morgan fingerprint density at radius 2 is 2.00 bits per heavy atom. The first-order valence-electron chi connectivity index (χ1n) is 7.79. The number of rotatable bonds is 2. The summed E-state index contributed by atoms with van der Waals surface area (Å²) in [6.07, 6.45) is 0.878. The molecule has 1 aliphatic heterocycles. The molecular weight excluding hydrogens is 288 g/mol. The normalized spacial score (nSPS) is 18.7. The molecule has 23 heavy (non-hydrogen) atoms. The van der Waals surface area contributed by atoms with E-state index in [0.717, 1.165) is 28.9 Å². The molecule has 0 bridgehead atoms. The van der Waals surface area contributed by atoms with Crippen molar-refractivity contribution in [2.45, 2.75) is 33.2 Å². The zero-order valence-corrected chi connectivity index (χ0v) is 13.7. The van der Waals surface area contributed by atoms with Crippen molar-refractivity contribution in [3.05, 3.63) is 53.6 Å². The van der Waals surface area contributed by atoms with Crippen LogP contribution in [0.1, 0.15) is 37.9 Å². The van der Waals surface area contributed by atoms with E-state index in [1.165, 1.54) is 6.92 Å². The number of ether oxygens (including phenoxy) is 1. The molecule has 3 rings (SSSR count). The number of carbonyl (C=O) groups excluding carboxylic acids is 1. The summed E-state index contributed by atoms with van der Waals surface area (Å²) in [6.45, 7) is 5.85. The van der Waals surface area contributed by atoms with E-state index in [9.17, 15) is 4.79 Å². The van der Waals surface area contributed by atoms with Gasteiger partial charge in [0.25, 0.3) is 0 Å². The number of para-hydroxylation sites is 1. The smallest absolute Gasteiger partial charge is 0.308 e. The van der Waals surface area contributed by atoms with Crippen LogP contribution in [0.4, 0.5) is 11.4 Å². The van der Waals surface area contributed by atoms with Crippen molar-refractivity contribution >= 4 is 17.3 Å². The fourth-order valence-electron chi connectivity index (χ4n) is 3.30. The number of benzene rings is 2. The number of hydrogen-bond acceptors (Lipinski definition) is 4. The molecule has 4 heteroatoms. The number of anilines is 2. The van der Waals surface area contributed by atoms with E-state index in [1.54, 1.807) is 0 Å². The van der Waals surface area contributed by atoms with Gasteiger partial charge in [0.05, 0.1) is 6.04 Å². The average Bonchev–Trinajstić information content (AvgIpc) is 2.46. The minimum Gasteiger partial charge on any atom is -0.427 e. The van der Waals surface area contributed by atoms with Gasteiger partial charge in [-0.25, -0.2) is 0 Å². The van der Waals surface area contributed by atoms with Gasteiger partial charge in [0.15, 0.2) is 0 Å². The maximum absolute atomic E-state index is 11.1. The SMILES string of the molecule is CC(=O)Oc1ccc2c(c1)CC(C)(C)C(c1ccccc1N)N2. The van der Waals surface area contributed by atoms with Gasteiger partial charge in [-0.2, -0.15) is 0 Å². The van der Waals surface area contributed by atoms with Gasteiger partial charge in [0.1, 0.15) is 5.75 Å². The van der Waals surface area contributed by atoms with Gasteiger partial charge < -0.3 is 15.8 Å². The fourth-order valence-corrected chi connectivity index (χ4v) is 3.30. The van der Waals surface area contributed by atoms with Gasteiger partial charge in [-0.05, 0) is 47.2 Å². The van der Waals surface area contributed by atoms with Gasteiger partial charge in [-0.15, -0.1) is 0 Å². The highest BCUT2D eigenvalue weighted by molar-refractivity contribution is 5.70. The molecule has 0 aliphatic carbocycles. The molecule has 0 radical (unpaired) electrons. The lowest BCUT2D eigenvalue weighted by Crippen LogP contribution is -2.35. The molecule has 0 spiro atoms. The summed E-state index contributed by atoms with van der Waals surface area (Å²) in [4.78, 5) is 11.1. The van der Waals surface area contributed by atoms with E-state index >= 15 is 0 Å². The van der Waals surface area contributed by atoms with Crippen LogP contribution in [0.25, 0.3) is 0 Å². The molecule has 120 valence electrons. The summed E-state index contributed by atoms with van der Waals surface area (Å²) in [5.74, 6) is 0.287. The molecule has 0 saturated carbocycles. The van der Waals surface area contributed by atoms with E-state index in [-0.39, 0.29) is 17.4 Å². The van der Waals surface area contributed by atoms with Gasteiger partial charge in [0.2, 0.25) is 0 Å². The Hall–Kier alpha value is -2.49. The van der Waals surface area contributed by atoms with E-state index in [4.69, 9.17) is 10.5 Å². The van der Waals surface area contributed by atoms with Crippen LogP contribution in [0.15, 0.2) is 42.5 Å². The third kappa shape index (κ3) is 3.02. The van der Waals surface area contributed by atoms with Crippen molar-refractivity contribution in [1.29, 1.82) is 0 Å². The highest BCUT2D eigenvalue weighted by Crippen LogP contribution is 2.46. The Balaban J connectivity index is 1.97. The number of esters is 1. The second-order valence-corrected chi connectivity index (χ2v) is 6.78. The van der Waals surface area contributed by atoms with Crippen molar-refractivity contribution in [2.24, 2.45) is 5.41 Å². The van der Waals surface area contributed by atoms with Crippen LogP contribution >= 0.6 is 0 Å². The first kappa shape index (κ1) is 15.4. The molecule has 2 aromatic rings. The molecule has 1 unspecified atom stereocenters. The third-order valence-electron chi connectivity index (χ3n) is 4.37. The summed E-state index contributed by atoms with van der Waals surface area (Å²) in [5, 5.41) is 3.60.